The first-order chi connectivity index (χ1) is 9.56. The largest absolute Gasteiger partial charge is 0.311 e. The molecule has 0 aliphatic rings. The summed E-state index contributed by atoms with van der Waals surface area (Å²) in [6.07, 6.45) is 0.708. The van der Waals surface area contributed by atoms with Gasteiger partial charge in [0.05, 0.1) is 21.9 Å². The highest BCUT2D eigenvalue weighted by Gasteiger charge is 2.18. The summed E-state index contributed by atoms with van der Waals surface area (Å²) >= 11 is 3.33. The summed E-state index contributed by atoms with van der Waals surface area (Å²) in [5, 5.41) is 7.77. The molecule has 20 heavy (non-hydrogen) atoms. The number of nitrogens with one attached hydrogen (secondary N) is 1. The Hall–Kier alpha value is -1.20. The van der Waals surface area contributed by atoms with Crippen molar-refractivity contribution in [2.24, 2.45) is 0 Å². The fraction of sp³-hybridized carbons (Fsp3) is 0.400. The van der Waals surface area contributed by atoms with E-state index in [-0.39, 0.29) is 11.9 Å². The van der Waals surface area contributed by atoms with Crippen LogP contribution in [0.2, 0.25) is 0 Å². The number of hydrogen-bond acceptors (Lipinski definition) is 2. The van der Waals surface area contributed by atoms with Crippen molar-refractivity contribution in [1.29, 1.82) is 0 Å². The van der Waals surface area contributed by atoms with Crippen molar-refractivity contribution in [2.45, 2.75) is 32.9 Å². The van der Waals surface area contributed by atoms with Crippen LogP contribution in [-0.4, -0.2) is 16.8 Å². The van der Waals surface area contributed by atoms with Gasteiger partial charge in [0.2, 0.25) is 0 Å². The van der Waals surface area contributed by atoms with Crippen molar-refractivity contribution < 1.29 is 4.39 Å². The van der Waals surface area contributed by atoms with Crippen LogP contribution in [-0.2, 0) is 13.0 Å². The minimum Gasteiger partial charge on any atom is -0.311 e. The van der Waals surface area contributed by atoms with Crippen molar-refractivity contribution in [3.63, 3.8) is 0 Å². The second kappa shape index (κ2) is 6.50. The molecule has 0 saturated carbocycles. The molecule has 1 unspecified atom stereocenters. The predicted octanol–water partition coefficient (Wildman–Crippen LogP) is 3.62. The number of rotatable bonds is 5. The molecular formula is C15H19BrFN3. The second-order valence-electron chi connectivity index (χ2n) is 4.78. The van der Waals surface area contributed by atoms with Gasteiger partial charge in [-0.1, -0.05) is 12.1 Å². The molecule has 0 saturated heterocycles. The van der Waals surface area contributed by atoms with Crippen LogP contribution >= 0.6 is 15.9 Å². The van der Waals surface area contributed by atoms with Gasteiger partial charge in [0.1, 0.15) is 5.82 Å². The van der Waals surface area contributed by atoms with Crippen LogP contribution in [0.4, 0.5) is 4.39 Å². The number of nitrogens with zero attached hydrogens (tertiary/aromatic N) is 2. The van der Waals surface area contributed by atoms with Gasteiger partial charge in [-0.15, -0.1) is 0 Å². The van der Waals surface area contributed by atoms with Gasteiger partial charge < -0.3 is 5.32 Å². The van der Waals surface area contributed by atoms with Crippen LogP contribution in [0.5, 0.6) is 0 Å². The Kier molecular flexibility index (Phi) is 4.94. The SMILES string of the molecule is CCn1nc(C)cc1C(Cc1cccc(F)c1Br)NC. The van der Waals surface area contributed by atoms with E-state index < -0.39 is 0 Å². The standard InChI is InChI=1S/C15H19BrFN3/c1-4-20-14(8-10(2)19-20)13(18-3)9-11-6-5-7-12(17)15(11)16/h5-8,13,18H,4,9H2,1-3H3. The highest BCUT2D eigenvalue weighted by atomic mass is 79.9. The summed E-state index contributed by atoms with van der Waals surface area (Å²) in [6.45, 7) is 4.88. The highest BCUT2D eigenvalue weighted by molar-refractivity contribution is 9.10. The van der Waals surface area contributed by atoms with Gasteiger partial charge in [-0.2, -0.15) is 5.10 Å². The molecule has 1 atom stereocenters. The Bertz CT molecular complexity index is 595. The number of hydrogen-bond donors (Lipinski definition) is 1. The Morgan fingerprint density at radius 2 is 2.20 bits per heavy atom. The lowest BCUT2D eigenvalue weighted by Crippen LogP contribution is -2.22. The number of aromatic nitrogens is 2. The number of benzene rings is 1. The van der Waals surface area contributed by atoms with Crippen molar-refractivity contribution in [1.82, 2.24) is 15.1 Å². The molecule has 0 aliphatic heterocycles. The quantitative estimate of drug-likeness (QED) is 0.901. The molecule has 108 valence electrons. The van der Waals surface area contributed by atoms with Crippen molar-refractivity contribution in [2.75, 3.05) is 7.05 Å². The van der Waals surface area contributed by atoms with Gasteiger partial charge in [0, 0.05) is 6.54 Å². The van der Waals surface area contributed by atoms with E-state index in [1.54, 1.807) is 6.07 Å². The average molecular weight is 340 g/mol. The third-order valence-electron chi connectivity index (χ3n) is 3.39. The summed E-state index contributed by atoms with van der Waals surface area (Å²) in [6, 6.07) is 7.33. The van der Waals surface area contributed by atoms with E-state index in [4.69, 9.17) is 0 Å². The summed E-state index contributed by atoms with van der Waals surface area (Å²) in [4.78, 5) is 0. The van der Waals surface area contributed by atoms with E-state index in [1.165, 1.54) is 6.07 Å². The summed E-state index contributed by atoms with van der Waals surface area (Å²) < 4.78 is 16.1. The topological polar surface area (TPSA) is 29.9 Å². The van der Waals surface area contributed by atoms with Crippen LogP contribution in [0.25, 0.3) is 0 Å². The average Bonchev–Trinajstić information content (AvgIpc) is 2.81. The molecule has 0 aliphatic carbocycles. The van der Waals surface area contributed by atoms with Crippen LogP contribution in [0.3, 0.4) is 0 Å². The maximum absolute atomic E-state index is 13.6. The van der Waals surface area contributed by atoms with E-state index in [0.717, 1.165) is 23.5 Å². The Balaban J connectivity index is 2.31. The van der Waals surface area contributed by atoms with Gasteiger partial charge in [0.25, 0.3) is 0 Å². The first kappa shape index (κ1) is 15.2. The van der Waals surface area contributed by atoms with E-state index in [2.05, 4.69) is 39.3 Å². The molecule has 3 nitrogen and oxygen atoms in total. The summed E-state index contributed by atoms with van der Waals surface area (Å²) in [7, 11) is 1.92. The number of likely N-dealkylation sites (N-methyl/N-ethyl adjacent to an activating group) is 1. The molecular weight excluding hydrogens is 321 g/mol. The molecule has 2 rings (SSSR count). The molecule has 0 amide bonds. The normalized spacial score (nSPS) is 12.7. The van der Waals surface area contributed by atoms with Gasteiger partial charge in [-0.3, -0.25) is 4.68 Å². The van der Waals surface area contributed by atoms with E-state index >= 15 is 0 Å². The first-order valence-electron chi connectivity index (χ1n) is 6.71. The van der Waals surface area contributed by atoms with Crippen LogP contribution < -0.4 is 5.32 Å². The third kappa shape index (κ3) is 3.10. The van der Waals surface area contributed by atoms with Gasteiger partial charge in [-0.05, 0) is 60.9 Å². The number of aryl methyl sites for hydroxylation is 2. The van der Waals surface area contributed by atoms with Gasteiger partial charge in [-0.25, -0.2) is 4.39 Å². The Labute approximate surface area is 127 Å². The van der Waals surface area contributed by atoms with Gasteiger partial charge in [0.15, 0.2) is 0 Å². The molecule has 0 bridgehead atoms. The second-order valence-corrected chi connectivity index (χ2v) is 5.58. The molecule has 1 N–H and O–H groups in total. The van der Waals surface area contributed by atoms with Gasteiger partial charge >= 0.3 is 0 Å². The molecule has 1 aromatic carbocycles. The number of halogens is 2. The minimum atomic E-state index is -0.225. The molecule has 0 spiro atoms. The Morgan fingerprint density at radius 1 is 1.45 bits per heavy atom. The molecule has 1 heterocycles. The lowest BCUT2D eigenvalue weighted by Gasteiger charge is -2.18. The molecule has 0 fully saturated rings. The molecule has 2 aromatic rings. The summed E-state index contributed by atoms with van der Waals surface area (Å²) in [5.74, 6) is -0.225. The highest BCUT2D eigenvalue weighted by Crippen LogP contribution is 2.26. The maximum atomic E-state index is 13.6. The molecule has 5 heteroatoms. The van der Waals surface area contributed by atoms with E-state index in [0.29, 0.717) is 10.9 Å². The minimum absolute atomic E-state index is 0.106. The van der Waals surface area contributed by atoms with Crippen molar-refractivity contribution >= 4 is 15.9 Å². The van der Waals surface area contributed by atoms with Crippen molar-refractivity contribution in [3.05, 3.63) is 51.5 Å². The summed E-state index contributed by atoms with van der Waals surface area (Å²) in [5.41, 5.74) is 3.08. The van der Waals surface area contributed by atoms with Crippen molar-refractivity contribution in [3.8, 4) is 0 Å². The fourth-order valence-corrected chi connectivity index (χ4v) is 2.81. The third-order valence-corrected chi connectivity index (χ3v) is 4.28. The van der Waals surface area contributed by atoms with Crippen LogP contribution in [0.15, 0.2) is 28.7 Å². The zero-order valence-electron chi connectivity index (χ0n) is 12.0. The predicted molar refractivity (Wildman–Crippen MR) is 82.2 cm³/mol. The lowest BCUT2D eigenvalue weighted by atomic mass is 10.0. The van der Waals surface area contributed by atoms with Crippen LogP contribution in [0, 0.1) is 12.7 Å². The lowest BCUT2D eigenvalue weighted by molar-refractivity contribution is 0.510. The maximum Gasteiger partial charge on any atom is 0.137 e. The van der Waals surface area contributed by atoms with Crippen LogP contribution in [0.1, 0.15) is 29.9 Å². The monoisotopic (exact) mass is 339 g/mol. The first-order valence-corrected chi connectivity index (χ1v) is 7.50. The molecule has 0 radical (unpaired) electrons. The zero-order chi connectivity index (χ0) is 14.7. The zero-order valence-corrected chi connectivity index (χ0v) is 13.5. The Morgan fingerprint density at radius 3 is 2.85 bits per heavy atom. The van der Waals surface area contributed by atoms with E-state index in [9.17, 15) is 4.39 Å². The molecule has 1 aromatic heterocycles. The smallest absolute Gasteiger partial charge is 0.137 e. The fourth-order valence-electron chi connectivity index (χ4n) is 2.38. The van der Waals surface area contributed by atoms with E-state index in [1.807, 2.05) is 24.7 Å².